The summed E-state index contributed by atoms with van der Waals surface area (Å²) in [4.78, 5) is 0. The van der Waals surface area contributed by atoms with Gasteiger partial charge in [0.2, 0.25) is 0 Å². The molecule has 0 fully saturated rings. The Kier molecular flexibility index (Phi) is 2.48. The van der Waals surface area contributed by atoms with E-state index in [-0.39, 0.29) is 11.5 Å². The molecule has 0 aliphatic carbocycles. The summed E-state index contributed by atoms with van der Waals surface area (Å²) in [6.45, 7) is 7.27. The molecule has 2 nitrogen and oxygen atoms in total. The maximum absolute atomic E-state index is 11.4. The van der Waals surface area contributed by atoms with Crippen molar-refractivity contribution in [3.05, 3.63) is 0 Å². The molecule has 0 saturated heterocycles. The van der Waals surface area contributed by atoms with Crippen molar-refractivity contribution in [2.24, 2.45) is 0 Å². The van der Waals surface area contributed by atoms with Crippen LogP contribution >= 0.6 is 7.14 Å². The first-order valence-corrected chi connectivity index (χ1v) is 5.33. The Bertz CT molecular complexity index is 134. The number of hydrogen-bond acceptors (Lipinski definition) is 2. The third-order valence-corrected chi connectivity index (χ3v) is 5.07. The quantitative estimate of drug-likeness (QED) is 0.578. The minimum absolute atomic E-state index is 0.184. The molecule has 0 heterocycles. The molecule has 0 aliphatic rings. The van der Waals surface area contributed by atoms with E-state index in [2.05, 4.69) is 0 Å². The molecule has 0 saturated carbocycles. The smallest absolute Gasteiger partial charge is 0.114 e. The molecule has 0 bridgehead atoms. The highest BCUT2D eigenvalue weighted by Gasteiger charge is 2.30. The zero-order valence-corrected chi connectivity index (χ0v) is 7.40. The molecule has 0 radical (unpaired) electrons. The van der Waals surface area contributed by atoms with Crippen LogP contribution in [0.15, 0.2) is 0 Å². The Balaban J connectivity index is 4.35. The van der Waals surface area contributed by atoms with Crippen molar-refractivity contribution < 1.29 is 9.67 Å². The standard InChI is InChI=1S/C6H15O2P/c1-6(2,3)9(4,8)5-7/h7H,5H2,1-4H3. The molecule has 1 atom stereocenters. The fourth-order valence-corrected chi connectivity index (χ4v) is 0.636. The Morgan fingerprint density at radius 3 is 1.78 bits per heavy atom. The van der Waals surface area contributed by atoms with Crippen molar-refractivity contribution in [2.75, 3.05) is 13.0 Å². The van der Waals surface area contributed by atoms with Crippen LogP contribution in [-0.4, -0.2) is 23.3 Å². The van der Waals surface area contributed by atoms with Gasteiger partial charge in [-0.2, -0.15) is 0 Å². The lowest BCUT2D eigenvalue weighted by atomic mass is 10.3. The van der Waals surface area contributed by atoms with E-state index in [9.17, 15) is 4.57 Å². The van der Waals surface area contributed by atoms with Gasteiger partial charge in [0.15, 0.2) is 0 Å². The molecular formula is C6H15O2P. The van der Waals surface area contributed by atoms with Crippen molar-refractivity contribution in [1.82, 2.24) is 0 Å². The van der Waals surface area contributed by atoms with E-state index in [0.29, 0.717) is 0 Å². The van der Waals surface area contributed by atoms with Gasteiger partial charge in [0, 0.05) is 5.16 Å². The van der Waals surface area contributed by atoms with Gasteiger partial charge in [0.1, 0.15) is 7.14 Å². The van der Waals surface area contributed by atoms with E-state index in [1.807, 2.05) is 20.8 Å². The first-order chi connectivity index (χ1) is 3.81. The lowest BCUT2D eigenvalue weighted by molar-refractivity contribution is 0.353. The first kappa shape index (κ1) is 9.19. The predicted octanol–water partition coefficient (Wildman–Crippen LogP) is 1.73. The van der Waals surface area contributed by atoms with Crippen LogP contribution in [0.25, 0.3) is 0 Å². The van der Waals surface area contributed by atoms with Crippen molar-refractivity contribution >= 4 is 7.14 Å². The lowest BCUT2D eigenvalue weighted by Gasteiger charge is -2.25. The second-order valence-electron chi connectivity index (χ2n) is 3.41. The largest absolute Gasteiger partial charge is 0.389 e. The van der Waals surface area contributed by atoms with Crippen molar-refractivity contribution in [3.63, 3.8) is 0 Å². The van der Waals surface area contributed by atoms with Gasteiger partial charge in [-0.05, 0) is 6.66 Å². The molecule has 0 rings (SSSR count). The highest BCUT2D eigenvalue weighted by molar-refractivity contribution is 7.64. The number of hydrogen-bond donors (Lipinski definition) is 1. The molecule has 0 spiro atoms. The van der Waals surface area contributed by atoms with Gasteiger partial charge in [-0.15, -0.1) is 0 Å². The predicted molar refractivity (Wildman–Crippen MR) is 40.4 cm³/mol. The Hall–Kier alpha value is 0.190. The van der Waals surface area contributed by atoms with E-state index in [1.165, 1.54) is 0 Å². The topological polar surface area (TPSA) is 37.3 Å². The lowest BCUT2D eigenvalue weighted by Crippen LogP contribution is -2.15. The van der Waals surface area contributed by atoms with Gasteiger partial charge in [-0.3, -0.25) is 0 Å². The van der Waals surface area contributed by atoms with E-state index in [0.717, 1.165) is 0 Å². The van der Waals surface area contributed by atoms with Crippen LogP contribution < -0.4 is 0 Å². The summed E-state index contributed by atoms with van der Waals surface area (Å²) in [5, 5.41) is 8.42. The Morgan fingerprint density at radius 2 is 1.78 bits per heavy atom. The average Bonchev–Trinajstić information content (AvgIpc) is 1.64. The van der Waals surface area contributed by atoms with E-state index >= 15 is 0 Å². The van der Waals surface area contributed by atoms with Gasteiger partial charge in [-0.1, -0.05) is 20.8 Å². The Labute approximate surface area is 56.6 Å². The molecule has 9 heavy (non-hydrogen) atoms. The van der Waals surface area contributed by atoms with Crippen LogP contribution in [-0.2, 0) is 4.57 Å². The molecule has 56 valence electrons. The third kappa shape index (κ3) is 2.11. The van der Waals surface area contributed by atoms with E-state index in [4.69, 9.17) is 5.11 Å². The van der Waals surface area contributed by atoms with Crippen molar-refractivity contribution in [3.8, 4) is 0 Å². The molecule has 0 aliphatic heterocycles. The van der Waals surface area contributed by atoms with Gasteiger partial charge in [-0.25, -0.2) is 0 Å². The molecule has 0 amide bonds. The molecule has 3 heteroatoms. The molecule has 1 unspecified atom stereocenters. The normalized spacial score (nSPS) is 19.2. The van der Waals surface area contributed by atoms with Gasteiger partial charge in [0.05, 0.1) is 6.35 Å². The monoisotopic (exact) mass is 150 g/mol. The van der Waals surface area contributed by atoms with Crippen molar-refractivity contribution in [2.45, 2.75) is 25.9 Å². The summed E-state index contributed by atoms with van der Waals surface area (Å²) in [6, 6.07) is 0. The van der Waals surface area contributed by atoms with Crippen LogP contribution in [0.2, 0.25) is 0 Å². The van der Waals surface area contributed by atoms with E-state index in [1.54, 1.807) is 6.66 Å². The number of rotatable bonds is 1. The fraction of sp³-hybridized carbons (Fsp3) is 1.00. The average molecular weight is 150 g/mol. The second kappa shape index (κ2) is 2.43. The van der Waals surface area contributed by atoms with Crippen LogP contribution in [0.3, 0.4) is 0 Å². The molecule has 0 aromatic rings. The molecule has 0 aromatic heterocycles. The van der Waals surface area contributed by atoms with Crippen LogP contribution in [0.4, 0.5) is 0 Å². The molecule has 0 aromatic carbocycles. The molecular weight excluding hydrogens is 135 g/mol. The summed E-state index contributed by atoms with van der Waals surface area (Å²) in [6.07, 6.45) is -0.184. The van der Waals surface area contributed by atoms with Crippen LogP contribution in [0.5, 0.6) is 0 Å². The van der Waals surface area contributed by atoms with Crippen molar-refractivity contribution in [1.29, 1.82) is 0 Å². The summed E-state index contributed by atoms with van der Waals surface area (Å²) in [7, 11) is -2.30. The summed E-state index contributed by atoms with van der Waals surface area (Å²) >= 11 is 0. The van der Waals surface area contributed by atoms with E-state index < -0.39 is 7.14 Å². The Morgan fingerprint density at radius 1 is 1.44 bits per heavy atom. The van der Waals surface area contributed by atoms with Gasteiger partial charge in [0.25, 0.3) is 0 Å². The first-order valence-electron chi connectivity index (χ1n) is 2.99. The zero-order chi connectivity index (χ0) is 7.71. The summed E-state index contributed by atoms with van der Waals surface area (Å²) < 4.78 is 11.4. The van der Waals surface area contributed by atoms with Gasteiger partial charge >= 0.3 is 0 Å². The summed E-state index contributed by atoms with van der Waals surface area (Å²) in [5.41, 5.74) is 0. The number of aliphatic hydroxyl groups excluding tert-OH is 1. The zero-order valence-electron chi connectivity index (χ0n) is 6.51. The highest BCUT2D eigenvalue weighted by Crippen LogP contribution is 2.53. The van der Waals surface area contributed by atoms with Crippen LogP contribution in [0.1, 0.15) is 20.8 Å². The highest BCUT2D eigenvalue weighted by atomic mass is 31.2. The summed E-state index contributed by atoms with van der Waals surface area (Å²) in [5.74, 6) is 0. The minimum Gasteiger partial charge on any atom is -0.389 e. The minimum atomic E-state index is -2.30. The van der Waals surface area contributed by atoms with Gasteiger partial charge < -0.3 is 9.67 Å². The SMILES string of the molecule is CC(C)(C)P(C)(=O)CO. The maximum atomic E-state index is 11.4. The maximum Gasteiger partial charge on any atom is 0.114 e. The second-order valence-corrected chi connectivity index (χ2v) is 7.24. The third-order valence-electron chi connectivity index (χ3n) is 1.69. The molecule has 1 N–H and O–H groups in total. The number of aliphatic hydroxyl groups is 1. The van der Waals surface area contributed by atoms with Crippen LogP contribution in [0, 0.1) is 0 Å². The fourth-order valence-electron chi connectivity index (χ4n) is 0.212.